The molecule has 1 saturated carbocycles. The zero-order chi connectivity index (χ0) is 20.1. The topological polar surface area (TPSA) is 84.0 Å². The predicted octanol–water partition coefficient (Wildman–Crippen LogP) is 3.58. The molecule has 1 fully saturated rings. The van der Waals surface area contributed by atoms with E-state index in [2.05, 4.69) is 20.2 Å². The second kappa shape index (κ2) is 8.96. The highest BCUT2D eigenvalue weighted by Crippen LogP contribution is 2.26. The Labute approximate surface area is 166 Å². The number of aromatic nitrogens is 2. The van der Waals surface area contributed by atoms with Crippen molar-refractivity contribution in [2.75, 3.05) is 11.9 Å². The lowest BCUT2D eigenvalue weighted by atomic mass is 9.86. The highest BCUT2D eigenvalue weighted by molar-refractivity contribution is 7.90. The molecule has 1 aliphatic carbocycles. The second-order valence-corrected chi connectivity index (χ2v) is 9.94. The van der Waals surface area contributed by atoms with E-state index >= 15 is 0 Å². The van der Waals surface area contributed by atoms with Gasteiger partial charge in [-0.05, 0) is 69.7 Å². The number of benzene rings is 1. The van der Waals surface area contributed by atoms with Gasteiger partial charge in [0.05, 0.1) is 10.9 Å². The van der Waals surface area contributed by atoms with Gasteiger partial charge in [-0.3, -0.25) is 0 Å². The normalized spacial score (nSPS) is 20.3. The van der Waals surface area contributed by atoms with Gasteiger partial charge in [-0.1, -0.05) is 12.1 Å². The van der Waals surface area contributed by atoms with Gasteiger partial charge in [-0.15, -0.1) is 10.2 Å². The zero-order valence-corrected chi connectivity index (χ0v) is 17.0. The molecule has 1 aromatic carbocycles. The molecule has 0 radical (unpaired) electrons. The Balaban J connectivity index is 1.48. The minimum atomic E-state index is -3.20. The molecule has 0 saturated heterocycles. The third kappa shape index (κ3) is 5.48. The summed E-state index contributed by atoms with van der Waals surface area (Å²) in [6, 6.07) is 10.3. The SMILES string of the molecule is CC(C)S(=O)(=O)NC[C@H]1CC[C@H](Nc2ccc(-c3cccc(F)c3)nn2)CC1. The highest BCUT2D eigenvalue weighted by atomic mass is 32.2. The number of nitrogens with one attached hydrogen (secondary N) is 2. The van der Waals surface area contributed by atoms with Gasteiger partial charge in [0.2, 0.25) is 10.0 Å². The summed E-state index contributed by atoms with van der Waals surface area (Å²) < 4.78 is 39.8. The van der Waals surface area contributed by atoms with Gasteiger partial charge in [0.1, 0.15) is 11.6 Å². The summed E-state index contributed by atoms with van der Waals surface area (Å²) in [4.78, 5) is 0. The molecule has 152 valence electrons. The monoisotopic (exact) mass is 406 g/mol. The Hall–Kier alpha value is -2.06. The molecule has 2 N–H and O–H groups in total. The molecule has 8 heteroatoms. The fraction of sp³-hybridized carbons (Fsp3) is 0.500. The smallest absolute Gasteiger partial charge is 0.213 e. The average Bonchev–Trinajstić information content (AvgIpc) is 2.68. The molecular weight excluding hydrogens is 379 g/mol. The molecule has 0 bridgehead atoms. The Morgan fingerprint density at radius 1 is 1.11 bits per heavy atom. The predicted molar refractivity (Wildman–Crippen MR) is 109 cm³/mol. The van der Waals surface area contributed by atoms with Crippen LogP contribution in [-0.2, 0) is 10.0 Å². The Kier molecular flexibility index (Phi) is 6.61. The summed E-state index contributed by atoms with van der Waals surface area (Å²) in [6.45, 7) is 3.88. The van der Waals surface area contributed by atoms with Gasteiger partial charge in [-0.2, -0.15) is 0 Å². The summed E-state index contributed by atoms with van der Waals surface area (Å²) in [5.74, 6) is 0.770. The van der Waals surface area contributed by atoms with Gasteiger partial charge >= 0.3 is 0 Å². The molecule has 6 nitrogen and oxygen atoms in total. The van der Waals surface area contributed by atoms with Crippen LogP contribution in [0.4, 0.5) is 10.2 Å². The number of hydrogen-bond acceptors (Lipinski definition) is 5. The van der Waals surface area contributed by atoms with Crippen LogP contribution in [0.3, 0.4) is 0 Å². The Bertz CT molecular complexity index is 879. The van der Waals surface area contributed by atoms with Crippen LogP contribution in [-0.4, -0.2) is 36.5 Å². The van der Waals surface area contributed by atoms with E-state index in [-0.39, 0.29) is 5.82 Å². The van der Waals surface area contributed by atoms with Crippen LogP contribution in [0.2, 0.25) is 0 Å². The first-order chi connectivity index (χ1) is 13.3. The average molecular weight is 407 g/mol. The Morgan fingerprint density at radius 3 is 2.46 bits per heavy atom. The first-order valence-corrected chi connectivity index (χ1v) is 11.2. The van der Waals surface area contributed by atoms with Crippen LogP contribution in [0.5, 0.6) is 0 Å². The maximum atomic E-state index is 13.3. The lowest BCUT2D eigenvalue weighted by Gasteiger charge is -2.29. The standard InChI is InChI=1S/C20H27FN4O2S/c1-14(2)28(26,27)22-13-15-6-8-18(9-7-15)23-20-11-10-19(24-25-20)16-4-3-5-17(21)12-16/h3-5,10-12,14-15,18,22H,6-9,13H2,1-2H3,(H,23,25)/t15-,18-. The lowest BCUT2D eigenvalue weighted by Crippen LogP contribution is -2.37. The van der Waals surface area contributed by atoms with Crippen molar-refractivity contribution in [2.45, 2.75) is 50.8 Å². The molecule has 0 atom stereocenters. The molecule has 0 aliphatic heterocycles. The fourth-order valence-corrected chi connectivity index (χ4v) is 4.13. The van der Waals surface area contributed by atoms with E-state index in [4.69, 9.17) is 0 Å². The van der Waals surface area contributed by atoms with E-state index < -0.39 is 15.3 Å². The molecule has 28 heavy (non-hydrogen) atoms. The number of nitrogens with zero attached hydrogens (tertiary/aromatic N) is 2. The highest BCUT2D eigenvalue weighted by Gasteiger charge is 2.24. The summed E-state index contributed by atoms with van der Waals surface area (Å²) >= 11 is 0. The second-order valence-electron chi connectivity index (χ2n) is 7.62. The number of anilines is 1. The molecular formula is C20H27FN4O2S. The van der Waals surface area contributed by atoms with E-state index in [1.807, 2.05) is 12.1 Å². The molecule has 2 aromatic rings. The van der Waals surface area contributed by atoms with Crippen molar-refractivity contribution >= 4 is 15.8 Å². The van der Waals surface area contributed by atoms with Crippen LogP contribution in [0.15, 0.2) is 36.4 Å². The first-order valence-electron chi connectivity index (χ1n) is 9.68. The van der Waals surface area contributed by atoms with Gasteiger partial charge < -0.3 is 5.32 Å². The fourth-order valence-electron chi connectivity index (χ4n) is 3.33. The quantitative estimate of drug-likeness (QED) is 0.734. The number of sulfonamides is 1. The molecule has 1 heterocycles. The van der Waals surface area contributed by atoms with E-state index in [1.165, 1.54) is 12.1 Å². The van der Waals surface area contributed by atoms with Crippen LogP contribution in [0.25, 0.3) is 11.3 Å². The van der Waals surface area contributed by atoms with Crippen molar-refractivity contribution in [3.63, 3.8) is 0 Å². The minimum absolute atomic E-state index is 0.297. The van der Waals surface area contributed by atoms with E-state index in [0.717, 1.165) is 25.7 Å². The van der Waals surface area contributed by atoms with Crippen molar-refractivity contribution in [2.24, 2.45) is 5.92 Å². The van der Waals surface area contributed by atoms with E-state index in [1.54, 1.807) is 26.0 Å². The van der Waals surface area contributed by atoms with Crippen LogP contribution in [0.1, 0.15) is 39.5 Å². The summed E-state index contributed by atoms with van der Waals surface area (Å²) in [5.41, 5.74) is 1.33. The van der Waals surface area contributed by atoms with Crippen molar-refractivity contribution in [1.82, 2.24) is 14.9 Å². The third-order valence-electron chi connectivity index (χ3n) is 5.18. The third-order valence-corrected chi connectivity index (χ3v) is 6.99. The maximum Gasteiger partial charge on any atom is 0.213 e. The summed E-state index contributed by atoms with van der Waals surface area (Å²) in [6.07, 6.45) is 3.85. The largest absolute Gasteiger partial charge is 0.366 e. The summed E-state index contributed by atoms with van der Waals surface area (Å²) in [7, 11) is -3.20. The number of rotatable bonds is 7. The van der Waals surface area contributed by atoms with Gasteiger partial charge in [-0.25, -0.2) is 17.5 Å². The molecule has 3 rings (SSSR count). The number of halogens is 1. The molecule has 0 amide bonds. The maximum absolute atomic E-state index is 13.3. The minimum Gasteiger partial charge on any atom is -0.366 e. The lowest BCUT2D eigenvalue weighted by molar-refractivity contribution is 0.336. The Morgan fingerprint density at radius 2 is 1.86 bits per heavy atom. The van der Waals surface area contributed by atoms with Gasteiger partial charge in [0.25, 0.3) is 0 Å². The van der Waals surface area contributed by atoms with Crippen molar-refractivity contribution in [3.05, 3.63) is 42.2 Å². The van der Waals surface area contributed by atoms with Gasteiger partial charge in [0.15, 0.2) is 0 Å². The van der Waals surface area contributed by atoms with Crippen molar-refractivity contribution < 1.29 is 12.8 Å². The van der Waals surface area contributed by atoms with E-state index in [0.29, 0.717) is 35.6 Å². The van der Waals surface area contributed by atoms with E-state index in [9.17, 15) is 12.8 Å². The van der Waals surface area contributed by atoms with Crippen molar-refractivity contribution in [1.29, 1.82) is 0 Å². The van der Waals surface area contributed by atoms with Gasteiger partial charge in [0, 0.05) is 18.2 Å². The molecule has 0 unspecified atom stereocenters. The van der Waals surface area contributed by atoms with Crippen molar-refractivity contribution in [3.8, 4) is 11.3 Å². The first kappa shape index (κ1) is 20.7. The zero-order valence-electron chi connectivity index (χ0n) is 16.2. The van der Waals surface area contributed by atoms with Crippen LogP contribution >= 0.6 is 0 Å². The van der Waals surface area contributed by atoms with Crippen LogP contribution in [0, 0.1) is 11.7 Å². The molecule has 1 aromatic heterocycles. The summed E-state index contributed by atoms with van der Waals surface area (Å²) in [5, 5.41) is 11.4. The van der Waals surface area contributed by atoms with Crippen LogP contribution < -0.4 is 10.0 Å². The molecule has 1 aliphatic rings. The molecule has 0 spiro atoms. The number of hydrogen-bond donors (Lipinski definition) is 2.